The summed E-state index contributed by atoms with van der Waals surface area (Å²) in [4.78, 5) is 49.4. The SMILES string of the molecule is C=C1CO[C@]2(C)[C@@H](CC)OC(=O)C(C)C(=O)[C@H](C)[C@@H](O[C@@H]3O[C@H](C)C[C@H](N(C)C)[C@H]3O)[C@](C)(OC/C=C/c3cnc4ccccc4c3)CC(C)C(=O)C(C)[C@H]12. The average Bonchev–Trinajstić information content (AvgIpc) is 3.47. The van der Waals surface area contributed by atoms with Crippen molar-refractivity contribution >= 4 is 34.5 Å². The van der Waals surface area contributed by atoms with E-state index >= 15 is 0 Å². The molecule has 3 unspecified atom stereocenters. The second kappa shape index (κ2) is 17.4. The van der Waals surface area contributed by atoms with Crippen LogP contribution >= 0.6 is 0 Å². The number of aliphatic hydroxyl groups excluding tert-OH is 1. The maximum absolute atomic E-state index is 14.6. The van der Waals surface area contributed by atoms with E-state index in [1.165, 1.54) is 0 Å². The number of ether oxygens (including phenoxy) is 5. The molecule has 0 aliphatic carbocycles. The van der Waals surface area contributed by atoms with E-state index in [-0.39, 0.29) is 37.6 Å². The predicted octanol–water partition coefficient (Wildman–Crippen LogP) is 6.20. The van der Waals surface area contributed by atoms with Gasteiger partial charge in [0.2, 0.25) is 0 Å². The number of likely N-dealkylation sites (N-methyl/N-ethyl adjacent to an activating group) is 1. The number of nitrogens with zero attached hydrogens (tertiary/aromatic N) is 2. The van der Waals surface area contributed by atoms with Gasteiger partial charge >= 0.3 is 5.97 Å². The van der Waals surface area contributed by atoms with Gasteiger partial charge in [-0.1, -0.05) is 64.6 Å². The van der Waals surface area contributed by atoms with Crippen molar-refractivity contribution < 1.29 is 43.2 Å². The molecule has 0 bridgehead atoms. The zero-order valence-corrected chi connectivity index (χ0v) is 34.3. The molecule has 5 rings (SSSR count). The van der Waals surface area contributed by atoms with Gasteiger partial charge in [0.25, 0.3) is 0 Å². The Labute approximate surface area is 326 Å². The maximum Gasteiger partial charge on any atom is 0.316 e. The van der Waals surface area contributed by atoms with Gasteiger partial charge in [0.15, 0.2) is 12.1 Å². The van der Waals surface area contributed by atoms with Gasteiger partial charge in [0.05, 0.1) is 36.5 Å². The zero-order chi connectivity index (χ0) is 40.4. The molecule has 11 nitrogen and oxygen atoms in total. The average molecular weight is 763 g/mol. The number of ketones is 2. The number of aromatic nitrogens is 1. The summed E-state index contributed by atoms with van der Waals surface area (Å²) in [6.07, 6.45) is 2.55. The molecule has 3 saturated heterocycles. The van der Waals surface area contributed by atoms with E-state index in [2.05, 4.69) is 11.6 Å². The number of rotatable bonds is 8. The van der Waals surface area contributed by atoms with Crippen LogP contribution in [-0.2, 0) is 38.1 Å². The summed E-state index contributed by atoms with van der Waals surface area (Å²) >= 11 is 0. The van der Waals surface area contributed by atoms with E-state index in [0.29, 0.717) is 12.8 Å². The lowest BCUT2D eigenvalue weighted by Gasteiger charge is -2.47. The Morgan fingerprint density at radius 2 is 1.76 bits per heavy atom. The van der Waals surface area contributed by atoms with E-state index in [0.717, 1.165) is 22.0 Å². The summed E-state index contributed by atoms with van der Waals surface area (Å²) in [6, 6.07) is 9.64. The molecule has 55 heavy (non-hydrogen) atoms. The summed E-state index contributed by atoms with van der Waals surface area (Å²) in [7, 11) is 3.78. The molecule has 13 atom stereocenters. The molecule has 3 fully saturated rings. The largest absolute Gasteiger partial charge is 0.459 e. The van der Waals surface area contributed by atoms with Gasteiger partial charge in [-0.3, -0.25) is 19.4 Å². The second-order valence-corrected chi connectivity index (χ2v) is 16.8. The van der Waals surface area contributed by atoms with Crippen molar-refractivity contribution in [1.82, 2.24) is 9.88 Å². The highest BCUT2D eigenvalue weighted by atomic mass is 16.7. The number of para-hydroxylation sites is 1. The summed E-state index contributed by atoms with van der Waals surface area (Å²) in [5.41, 5.74) is 0.228. The fraction of sp³-hybridized carbons (Fsp3) is 0.636. The number of carbonyl (C=O) groups excluding carboxylic acids is 3. The Kier molecular flexibility index (Phi) is 13.6. The van der Waals surface area contributed by atoms with E-state index in [9.17, 15) is 19.5 Å². The highest BCUT2D eigenvalue weighted by molar-refractivity contribution is 6.00. The number of cyclic esters (lactones) is 1. The molecular formula is C44H62N2O9. The Hall–Kier alpha value is -3.32. The van der Waals surface area contributed by atoms with Crippen LogP contribution < -0.4 is 0 Å². The molecule has 3 aliphatic heterocycles. The van der Waals surface area contributed by atoms with Crippen LogP contribution in [0, 0.1) is 29.6 Å². The first kappa shape index (κ1) is 42.8. The minimum absolute atomic E-state index is 0.0324. The molecule has 3 aliphatic rings. The fourth-order valence-electron chi connectivity index (χ4n) is 9.25. The number of carbonyl (C=O) groups is 3. The minimum atomic E-state index is -1.29. The lowest BCUT2D eigenvalue weighted by atomic mass is 9.69. The Morgan fingerprint density at radius 3 is 2.45 bits per heavy atom. The molecule has 0 amide bonds. The number of Topliss-reactive ketones (excluding diaryl/α,β-unsaturated/α-hetero) is 2. The van der Waals surface area contributed by atoms with Crippen LogP contribution in [-0.4, -0.2) is 108 Å². The monoisotopic (exact) mass is 762 g/mol. The van der Waals surface area contributed by atoms with E-state index < -0.39 is 77.1 Å². The van der Waals surface area contributed by atoms with Crippen LogP contribution in [0.25, 0.3) is 17.0 Å². The molecular weight excluding hydrogens is 700 g/mol. The van der Waals surface area contributed by atoms with Gasteiger partial charge in [0.1, 0.15) is 29.5 Å². The van der Waals surface area contributed by atoms with Crippen molar-refractivity contribution in [2.75, 3.05) is 27.3 Å². The van der Waals surface area contributed by atoms with Crippen molar-refractivity contribution in [3.63, 3.8) is 0 Å². The Bertz CT molecular complexity index is 1740. The van der Waals surface area contributed by atoms with Gasteiger partial charge in [-0.05, 0) is 84.3 Å². The van der Waals surface area contributed by atoms with Gasteiger partial charge in [-0.2, -0.15) is 0 Å². The molecule has 2 aromatic rings. The first-order chi connectivity index (χ1) is 25.9. The molecule has 0 spiro atoms. The van der Waals surface area contributed by atoms with Crippen LogP contribution in [0.3, 0.4) is 0 Å². The molecule has 1 aromatic carbocycles. The summed E-state index contributed by atoms with van der Waals surface area (Å²) in [5.74, 6) is -4.75. The summed E-state index contributed by atoms with van der Waals surface area (Å²) in [5, 5.41) is 12.6. The molecule has 0 saturated carbocycles. The van der Waals surface area contributed by atoms with Crippen LogP contribution in [0.4, 0.5) is 0 Å². The molecule has 11 heteroatoms. The van der Waals surface area contributed by atoms with E-state index in [4.69, 9.17) is 23.7 Å². The number of esters is 1. The molecule has 0 radical (unpaired) electrons. The summed E-state index contributed by atoms with van der Waals surface area (Å²) in [6.45, 7) is 19.2. The number of pyridine rings is 1. The third-order valence-electron chi connectivity index (χ3n) is 12.3. The van der Waals surface area contributed by atoms with Crippen molar-refractivity contribution in [2.45, 2.75) is 123 Å². The third kappa shape index (κ3) is 8.97. The Morgan fingerprint density at radius 1 is 1.05 bits per heavy atom. The topological polar surface area (TPSA) is 134 Å². The third-order valence-corrected chi connectivity index (χ3v) is 12.3. The van der Waals surface area contributed by atoms with Crippen LogP contribution in [0.5, 0.6) is 0 Å². The molecule has 4 heterocycles. The van der Waals surface area contributed by atoms with Crippen molar-refractivity contribution in [3.8, 4) is 0 Å². The van der Waals surface area contributed by atoms with Crippen LogP contribution in [0.1, 0.15) is 80.2 Å². The first-order valence-corrected chi connectivity index (χ1v) is 19.8. The smallest absolute Gasteiger partial charge is 0.316 e. The highest BCUT2D eigenvalue weighted by Crippen LogP contribution is 2.46. The van der Waals surface area contributed by atoms with Gasteiger partial charge in [0, 0.05) is 41.3 Å². The minimum Gasteiger partial charge on any atom is -0.459 e. The van der Waals surface area contributed by atoms with E-state index in [1.807, 2.05) is 103 Å². The van der Waals surface area contributed by atoms with Crippen LogP contribution in [0.15, 0.2) is 54.8 Å². The molecule has 302 valence electrons. The number of hydrogen-bond donors (Lipinski definition) is 1. The van der Waals surface area contributed by atoms with Gasteiger partial charge < -0.3 is 33.7 Å². The zero-order valence-electron chi connectivity index (χ0n) is 34.3. The standard InChI is InChI=1S/C44H62N2O9/c1-12-35-44(9)36(26(3)24-52-44)28(5)37(47)25(2)22-43(8,51-19-15-16-31-21-32-17-13-14-18-33(32)45-23-31)40(29(6)38(48)30(7)41(50)54-35)55-42-39(49)34(46(10)11)20-27(4)53-42/h13-18,21,23,25,27-30,34-36,39-40,42,49H,3,12,19-20,22,24H2,1-2,4-11H3/b16-15+/t25?,27-,28?,29+,30?,34+,35-,36+,39-,40-,42+,43-,44-/m1/s1. The normalized spacial score (nSPS) is 38.4. The number of hydrogen-bond acceptors (Lipinski definition) is 11. The van der Waals surface area contributed by atoms with Crippen molar-refractivity contribution in [1.29, 1.82) is 0 Å². The number of fused-ring (bicyclic) bond motifs is 2. The highest BCUT2D eigenvalue weighted by Gasteiger charge is 2.55. The van der Waals surface area contributed by atoms with Gasteiger partial charge in [-0.15, -0.1) is 0 Å². The van der Waals surface area contributed by atoms with Crippen LogP contribution in [0.2, 0.25) is 0 Å². The summed E-state index contributed by atoms with van der Waals surface area (Å²) < 4.78 is 32.2. The lowest BCUT2D eigenvalue weighted by molar-refractivity contribution is -0.296. The quantitative estimate of drug-likeness (QED) is 0.187. The maximum atomic E-state index is 14.6. The van der Waals surface area contributed by atoms with Gasteiger partial charge in [-0.25, -0.2) is 0 Å². The van der Waals surface area contributed by atoms with Crippen molar-refractivity contribution in [3.05, 3.63) is 60.3 Å². The molecule has 1 aromatic heterocycles. The Balaban J connectivity index is 1.56. The van der Waals surface area contributed by atoms with Crippen molar-refractivity contribution in [2.24, 2.45) is 29.6 Å². The fourth-order valence-corrected chi connectivity index (χ4v) is 9.25. The van der Waals surface area contributed by atoms with E-state index in [1.54, 1.807) is 20.0 Å². The first-order valence-electron chi connectivity index (χ1n) is 19.8. The lowest BCUT2D eigenvalue weighted by Crippen LogP contribution is -2.59. The number of benzene rings is 1. The number of aliphatic hydroxyl groups is 1. The molecule has 1 N–H and O–H groups in total. The predicted molar refractivity (Wildman–Crippen MR) is 211 cm³/mol. The second-order valence-electron chi connectivity index (χ2n) is 16.8.